The Morgan fingerprint density at radius 3 is 2.43 bits per heavy atom. The van der Waals surface area contributed by atoms with E-state index < -0.39 is 0 Å². The Bertz CT molecular complexity index is 421. The zero-order valence-electron chi connectivity index (χ0n) is 14.2. The molecule has 0 radical (unpaired) electrons. The van der Waals surface area contributed by atoms with Crippen LogP contribution in [-0.2, 0) is 0 Å². The summed E-state index contributed by atoms with van der Waals surface area (Å²) in [5.74, 6) is 1.38. The molecule has 1 aromatic rings. The lowest BCUT2D eigenvalue weighted by atomic mass is 9.80. The van der Waals surface area contributed by atoms with E-state index in [0.717, 1.165) is 18.9 Å². The van der Waals surface area contributed by atoms with Gasteiger partial charge in [0.1, 0.15) is 0 Å². The van der Waals surface area contributed by atoms with Crippen molar-refractivity contribution in [3.63, 3.8) is 0 Å². The van der Waals surface area contributed by atoms with E-state index in [2.05, 4.69) is 62.9 Å². The maximum absolute atomic E-state index is 6.09. The van der Waals surface area contributed by atoms with Crippen LogP contribution in [0.4, 0.5) is 0 Å². The molecule has 1 heterocycles. The van der Waals surface area contributed by atoms with Gasteiger partial charge in [0.15, 0.2) is 0 Å². The minimum absolute atomic E-state index is 0.416. The van der Waals surface area contributed by atoms with Crippen molar-refractivity contribution in [2.24, 2.45) is 17.1 Å². The largest absolute Gasteiger partial charge is 0.329 e. The number of likely N-dealkylation sites (tertiary alicyclic amines) is 1. The van der Waals surface area contributed by atoms with Gasteiger partial charge < -0.3 is 5.73 Å². The molecule has 2 nitrogen and oxygen atoms in total. The summed E-state index contributed by atoms with van der Waals surface area (Å²) in [4.78, 5) is 2.63. The first-order valence-electron chi connectivity index (χ1n) is 8.41. The predicted octanol–water partition coefficient (Wildman–Crippen LogP) is 3.88. The lowest BCUT2D eigenvalue weighted by molar-refractivity contribution is 0.186. The molecule has 2 heteroatoms. The van der Waals surface area contributed by atoms with Gasteiger partial charge in [-0.2, -0.15) is 0 Å². The second-order valence-corrected chi connectivity index (χ2v) is 7.78. The van der Waals surface area contributed by atoms with Crippen molar-refractivity contribution in [2.45, 2.75) is 52.5 Å². The van der Waals surface area contributed by atoms with Crippen molar-refractivity contribution in [3.05, 3.63) is 35.9 Å². The summed E-state index contributed by atoms with van der Waals surface area (Å²) in [6.45, 7) is 12.6. The first-order valence-corrected chi connectivity index (χ1v) is 8.41. The van der Waals surface area contributed by atoms with Gasteiger partial charge in [-0.3, -0.25) is 4.90 Å². The Labute approximate surface area is 130 Å². The van der Waals surface area contributed by atoms with E-state index in [0.29, 0.717) is 17.4 Å². The van der Waals surface area contributed by atoms with Crippen molar-refractivity contribution in [1.82, 2.24) is 4.90 Å². The average molecular weight is 288 g/mol. The maximum atomic E-state index is 6.09. The molecule has 2 rings (SSSR count). The predicted molar refractivity (Wildman–Crippen MR) is 91.5 cm³/mol. The van der Waals surface area contributed by atoms with E-state index >= 15 is 0 Å². The number of nitrogens with zero attached hydrogens (tertiary/aromatic N) is 1. The van der Waals surface area contributed by atoms with E-state index in [9.17, 15) is 0 Å². The second kappa shape index (κ2) is 6.93. The summed E-state index contributed by atoms with van der Waals surface area (Å²) in [5, 5.41) is 0. The Kier molecular flexibility index (Phi) is 5.45. The highest BCUT2D eigenvalue weighted by Crippen LogP contribution is 2.35. The summed E-state index contributed by atoms with van der Waals surface area (Å²) < 4.78 is 0. The minimum atomic E-state index is 0.416. The highest BCUT2D eigenvalue weighted by Gasteiger charge is 2.34. The molecule has 2 N–H and O–H groups in total. The van der Waals surface area contributed by atoms with Crippen molar-refractivity contribution >= 4 is 0 Å². The highest BCUT2D eigenvalue weighted by atomic mass is 15.2. The highest BCUT2D eigenvalue weighted by molar-refractivity contribution is 5.19. The molecule has 1 saturated heterocycles. The molecule has 21 heavy (non-hydrogen) atoms. The lowest BCUT2D eigenvalue weighted by Gasteiger charge is -2.31. The Morgan fingerprint density at radius 1 is 1.24 bits per heavy atom. The van der Waals surface area contributed by atoms with Crippen LogP contribution >= 0.6 is 0 Å². The lowest BCUT2D eigenvalue weighted by Crippen LogP contribution is -2.40. The molecule has 0 aromatic heterocycles. The quantitative estimate of drug-likeness (QED) is 0.891. The van der Waals surface area contributed by atoms with E-state index in [1.54, 1.807) is 0 Å². The maximum Gasteiger partial charge on any atom is 0.0224 e. The third-order valence-electron chi connectivity index (χ3n) is 5.23. The molecule has 3 unspecified atom stereocenters. The molecule has 0 bridgehead atoms. The van der Waals surface area contributed by atoms with E-state index in [1.165, 1.54) is 25.1 Å². The van der Waals surface area contributed by atoms with Crippen LogP contribution in [0.2, 0.25) is 0 Å². The fourth-order valence-corrected chi connectivity index (χ4v) is 3.55. The fourth-order valence-electron chi connectivity index (χ4n) is 3.55. The molecule has 0 amide bonds. The van der Waals surface area contributed by atoms with Crippen LogP contribution in [0.1, 0.15) is 52.0 Å². The molecule has 0 saturated carbocycles. The van der Waals surface area contributed by atoms with Crippen LogP contribution in [0, 0.1) is 11.3 Å². The van der Waals surface area contributed by atoms with Gasteiger partial charge in [-0.25, -0.2) is 0 Å². The Balaban J connectivity index is 1.95. The summed E-state index contributed by atoms with van der Waals surface area (Å²) in [7, 11) is 0. The van der Waals surface area contributed by atoms with Crippen LogP contribution in [0.15, 0.2) is 30.3 Å². The van der Waals surface area contributed by atoms with E-state index in [4.69, 9.17) is 5.73 Å². The van der Waals surface area contributed by atoms with Gasteiger partial charge >= 0.3 is 0 Å². The number of nitrogens with two attached hydrogens (primary N) is 1. The Morgan fingerprint density at radius 2 is 1.90 bits per heavy atom. The molecular weight excluding hydrogens is 256 g/mol. The van der Waals surface area contributed by atoms with E-state index in [1.807, 2.05) is 0 Å². The van der Waals surface area contributed by atoms with E-state index in [-0.39, 0.29) is 0 Å². The smallest absolute Gasteiger partial charge is 0.0224 e. The molecule has 1 aromatic carbocycles. The van der Waals surface area contributed by atoms with Crippen LogP contribution in [0.25, 0.3) is 0 Å². The van der Waals surface area contributed by atoms with Crippen LogP contribution in [0.5, 0.6) is 0 Å². The van der Waals surface area contributed by atoms with Crippen molar-refractivity contribution in [1.29, 1.82) is 0 Å². The normalized spacial score (nSPS) is 23.2. The SMILES string of the molecule is CC(CC(CN)N1CCC(C(C)(C)C)C1)c1ccccc1. The summed E-state index contributed by atoms with van der Waals surface area (Å²) in [6, 6.07) is 11.3. The van der Waals surface area contributed by atoms with Gasteiger partial charge in [-0.05, 0) is 42.2 Å². The zero-order valence-corrected chi connectivity index (χ0v) is 14.2. The first kappa shape index (κ1) is 16.5. The van der Waals surface area contributed by atoms with Crippen LogP contribution in [-0.4, -0.2) is 30.6 Å². The number of rotatable bonds is 5. The monoisotopic (exact) mass is 288 g/mol. The van der Waals surface area contributed by atoms with Gasteiger partial charge in [-0.15, -0.1) is 0 Å². The minimum Gasteiger partial charge on any atom is -0.329 e. The topological polar surface area (TPSA) is 29.3 Å². The molecule has 118 valence electrons. The van der Waals surface area contributed by atoms with Crippen molar-refractivity contribution in [3.8, 4) is 0 Å². The molecule has 1 aliphatic heterocycles. The van der Waals surface area contributed by atoms with Crippen LogP contribution < -0.4 is 5.73 Å². The summed E-state index contributed by atoms with van der Waals surface area (Å²) in [5.41, 5.74) is 7.94. The van der Waals surface area contributed by atoms with Gasteiger partial charge in [0.25, 0.3) is 0 Å². The zero-order chi connectivity index (χ0) is 15.5. The van der Waals surface area contributed by atoms with Gasteiger partial charge in [0.2, 0.25) is 0 Å². The summed E-state index contributed by atoms with van der Waals surface area (Å²) >= 11 is 0. The third kappa shape index (κ3) is 4.31. The third-order valence-corrected chi connectivity index (χ3v) is 5.23. The molecular formula is C19H32N2. The number of benzene rings is 1. The molecule has 0 spiro atoms. The molecule has 1 aliphatic rings. The molecule has 3 atom stereocenters. The first-order chi connectivity index (χ1) is 9.91. The molecule has 0 aliphatic carbocycles. The molecule has 1 fully saturated rings. The fraction of sp³-hybridized carbons (Fsp3) is 0.684. The number of hydrogen-bond acceptors (Lipinski definition) is 2. The van der Waals surface area contributed by atoms with Crippen LogP contribution in [0.3, 0.4) is 0 Å². The summed E-state index contributed by atoms with van der Waals surface area (Å²) in [6.07, 6.45) is 2.48. The van der Waals surface area contributed by atoms with Gasteiger partial charge in [0.05, 0.1) is 0 Å². The van der Waals surface area contributed by atoms with Crippen molar-refractivity contribution < 1.29 is 0 Å². The van der Waals surface area contributed by atoms with Gasteiger partial charge in [-0.1, -0.05) is 58.0 Å². The van der Waals surface area contributed by atoms with Gasteiger partial charge in [0, 0.05) is 19.1 Å². The number of hydrogen-bond donors (Lipinski definition) is 1. The van der Waals surface area contributed by atoms with Crippen molar-refractivity contribution in [2.75, 3.05) is 19.6 Å². The second-order valence-electron chi connectivity index (χ2n) is 7.78. The standard InChI is InChI=1S/C19H32N2/c1-15(16-8-6-5-7-9-16)12-18(13-20)21-11-10-17(14-21)19(2,3)4/h5-9,15,17-18H,10-14,20H2,1-4H3. The average Bonchev–Trinajstić information content (AvgIpc) is 2.95. The Hall–Kier alpha value is -0.860.